The minimum Gasteiger partial charge on any atom is -0.465 e. The van der Waals surface area contributed by atoms with Crippen LogP contribution in [0.1, 0.15) is 42.1 Å². The minimum absolute atomic E-state index is 0.167. The molecule has 0 atom stereocenters. The van der Waals surface area contributed by atoms with E-state index in [1.54, 1.807) is 0 Å². The molecule has 1 aromatic carbocycles. The predicted octanol–water partition coefficient (Wildman–Crippen LogP) is 3.65. The van der Waals surface area contributed by atoms with Gasteiger partial charge in [-0.25, -0.2) is 4.39 Å². The first kappa shape index (κ1) is 19.2. The van der Waals surface area contributed by atoms with E-state index in [1.165, 1.54) is 4.90 Å². The number of alkyl halides is 3. The Labute approximate surface area is 142 Å². The number of hydrogen-bond acceptors (Lipinski definition) is 3. The maximum absolute atomic E-state index is 13.8. The van der Waals surface area contributed by atoms with Crippen LogP contribution in [0.3, 0.4) is 0 Å². The van der Waals surface area contributed by atoms with Crippen molar-refractivity contribution >= 4 is 11.9 Å². The number of halogens is 4. The van der Waals surface area contributed by atoms with E-state index in [-0.39, 0.29) is 25.0 Å². The molecule has 0 aromatic heterocycles. The van der Waals surface area contributed by atoms with Crippen molar-refractivity contribution in [3.8, 4) is 0 Å². The van der Waals surface area contributed by atoms with Gasteiger partial charge in [-0.3, -0.25) is 9.59 Å². The Bertz CT molecular complexity index is 637. The highest BCUT2D eigenvalue weighted by Gasteiger charge is 2.34. The smallest absolute Gasteiger partial charge is 0.416 e. The molecule has 138 valence electrons. The van der Waals surface area contributed by atoms with Crippen LogP contribution in [0, 0.1) is 11.7 Å². The van der Waals surface area contributed by atoms with Crippen molar-refractivity contribution in [3.05, 3.63) is 35.1 Å². The zero-order chi connectivity index (χ0) is 18.6. The SMILES string of the molecule is CCCOC(=O)C1CCN(C(=O)c2cc(C(F)(F)F)ccc2F)CC1. The second-order valence-electron chi connectivity index (χ2n) is 5.93. The summed E-state index contributed by atoms with van der Waals surface area (Å²) in [4.78, 5) is 25.4. The average Bonchev–Trinajstić information content (AvgIpc) is 2.58. The van der Waals surface area contributed by atoms with Crippen LogP contribution in [0.25, 0.3) is 0 Å². The standard InChI is InChI=1S/C17H19F4NO3/c1-2-9-25-16(24)11-5-7-22(8-6-11)15(23)13-10-12(17(19,20)21)3-4-14(13)18/h3-4,10-11H,2,5-9H2,1H3. The van der Waals surface area contributed by atoms with Crippen LogP contribution in [0.5, 0.6) is 0 Å². The summed E-state index contributed by atoms with van der Waals surface area (Å²) in [5.74, 6) is -2.48. The summed E-state index contributed by atoms with van der Waals surface area (Å²) >= 11 is 0. The first-order chi connectivity index (χ1) is 11.7. The molecule has 1 aliphatic rings. The van der Waals surface area contributed by atoms with E-state index < -0.39 is 29.0 Å². The Morgan fingerprint density at radius 3 is 2.44 bits per heavy atom. The van der Waals surface area contributed by atoms with Gasteiger partial charge in [-0.1, -0.05) is 6.92 Å². The van der Waals surface area contributed by atoms with Gasteiger partial charge in [0.05, 0.1) is 23.7 Å². The molecule has 2 rings (SSSR count). The van der Waals surface area contributed by atoms with Crippen molar-refractivity contribution in [3.63, 3.8) is 0 Å². The average molecular weight is 361 g/mol. The van der Waals surface area contributed by atoms with Gasteiger partial charge in [0.2, 0.25) is 0 Å². The Balaban J connectivity index is 2.04. The molecule has 8 heteroatoms. The number of nitrogens with zero attached hydrogens (tertiary/aromatic N) is 1. The summed E-state index contributed by atoms with van der Waals surface area (Å²) in [6.45, 7) is 2.53. The fourth-order valence-electron chi connectivity index (χ4n) is 2.67. The van der Waals surface area contributed by atoms with E-state index in [0.29, 0.717) is 44.1 Å². The molecule has 0 radical (unpaired) electrons. The lowest BCUT2D eigenvalue weighted by molar-refractivity contribution is -0.150. The first-order valence-electron chi connectivity index (χ1n) is 8.06. The first-order valence-corrected chi connectivity index (χ1v) is 8.06. The van der Waals surface area contributed by atoms with Crippen LogP contribution < -0.4 is 0 Å². The van der Waals surface area contributed by atoms with Crippen molar-refractivity contribution < 1.29 is 31.9 Å². The van der Waals surface area contributed by atoms with E-state index in [0.717, 1.165) is 0 Å². The van der Waals surface area contributed by atoms with Gasteiger partial charge in [0, 0.05) is 13.1 Å². The number of piperidine rings is 1. The van der Waals surface area contributed by atoms with Crippen LogP contribution in [0.15, 0.2) is 18.2 Å². The third-order valence-electron chi connectivity index (χ3n) is 4.09. The van der Waals surface area contributed by atoms with Gasteiger partial charge in [0.25, 0.3) is 5.91 Å². The number of likely N-dealkylation sites (tertiary alicyclic amines) is 1. The number of rotatable bonds is 4. The summed E-state index contributed by atoms with van der Waals surface area (Å²) in [5.41, 5.74) is -1.68. The van der Waals surface area contributed by atoms with Gasteiger partial charge in [-0.05, 0) is 37.5 Å². The zero-order valence-corrected chi connectivity index (χ0v) is 13.7. The van der Waals surface area contributed by atoms with Crippen molar-refractivity contribution in [1.29, 1.82) is 0 Å². The lowest BCUT2D eigenvalue weighted by Crippen LogP contribution is -2.41. The molecule has 1 saturated heterocycles. The summed E-state index contributed by atoms with van der Waals surface area (Å²) in [7, 11) is 0. The van der Waals surface area contributed by atoms with Crippen LogP contribution >= 0.6 is 0 Å². The van der Waals surface area contributed by atoms with Crippen molar-refractivity contribution in [2.75, 3.05) is 19.7 Å². The number of hydrogen-bond donors (Lipinski definition) is 0. The molecule has 0 saturated carbocycles. The predicted molar refractivity (Wildman–Crippen MR) is 81.3 cm³/mol. The number of benzene rings is 1. The van der Waals surface area contributed by atoms with Crippen molar-refractivity contribution in [2.24, 2.45) is 5.92 Å². The number of ether oxygens (including phenoxy) is 1. The molecule has 0 unspecified atom stereocenters. The fraction of sp³-hybridized carbons (Fsp3) is 0.529. The fourth-order valence-corrected chi connectivity index (χ4v) is 2.67. The molecule has 4 nitrogen and oxygen atoms in total. The third kappa shape index (κ3) is 4.70. The van der Waals surface area contributed by atoms with Crippen LogP contribution in [-0.2, 0) is 15.7 Å². The molecular formula is C17H19F4NO3. The second-order valence-corrected chi connectivity index (χ2v) is 5.93. The van der Waals surface area contributed by atoms with E-state index in [1.807, 2.05) is 6.92 Å². The highest BCUT2D eigenvalue weighted by Crippen LogP contribution is 2.31. The molecule has 1 amide bonds. The molecule has 25 heavy (non-hydrogen) atoms. The van der Waals surface area contributed by atoms with Gasteiger partial charge < -0.3 is 9.64 Å². The highest BCUT2D eigenvalue weighted by molar-refractivity contribution is 5.95. The summed E-state index contributed by atoms with van der Waals surface area (Å²) in [6.07, 6.45) is -3.26. The summed E-state index contributed by atoms with van der Waals surface area (Å²) in [6, 6.07) is 1.77. The number of esters is 1. The minimum atomic E-state index is -4.65. The summed E-state index contributed by atoms with van der Waals surface area (Å²) < 4.78 is 57.1. The van der Waals surface area contributed by atoms with Gasteiger partial charge in [-0.15, -0.1) is 0 Å². The Morgan fingerprint density at radius 2 is 1.88 bits per heavy atom. The monoisotopic (exact) mass is 361 g/mol. The molecule has 1 aromatic rings. The van der Waals surface area contributed by atoms with Crippen LogP contribution in [0.4, 0.5) is 17.6 Å². The normalized spacial score (nSPS) is 16.0. The Hall–Kier alpha value is -2.12. The highest BCUT2D eigenvalue weighted by atomic mass is 19.4. The Morgan fingerprint density at radius 1 is 1.24 bits per heavy atom. The summed E-state index contributed by atoms with van der Waals surface area (Å²) in [5, 5.41) is 0. The van der Waals surface area contributed by atoms with Gasteiger partial charge >= 0.3 is 12.1 Å². The van der Waals surface area contributed by atoms with Crippen molar-refractivity contribution in [1.82, 2.24) is 4.90 Å². The van der Waals surface area contributed by atoms with Crippen LogP contribution in [-0.4, -0.2) is 36.5 Å². The topological polar surface area (TPSA) is 46.6 Å². The third-order valence-corrected chi connectivity index (χ3v) is 4.09. The maximum Gasteiger partial charge on any atom is 0.416 e. The van der Waals surface area contributed by atoms with Gasteiger partial charge in [0.15, 0.2) is 0 Å². The Kier molecular flexibility index (Phi) is 6.02. The molecule has 1 aliphatic heterocycles. The molecule has 1 heterocycles. The number of carbonyl (C=O) groups is 2. The molecular weight excluding hydrogens is 342 g/mol. The molecule has 0 spiro atoms. The molecule has 0 aliphatic carbocycles. The molecule has 0 bridgehead atoms. The number of carbonyl (C=O) groups excluding carboxylic acids is 2. The second kappa shape index (κ2) is 7.84. The molecule has 1 fully saturated rings. The quantitative estimate of drug-likeness (QED) is 0.608. The van der Waals surface area contributed by atoms with E-state index in [2.05, 4.69) is 0 Å². The zero-order valence-electron chi connectivity index (χ0n) is 13.7. The van der Waals surface area contributed by atoms with E-state index in [9.17, 15) is 27.2 Å². The maximum atomic E-state index is 13.8. The van der Waals surface area contributed by atoms with E-state index in [4.69, 9.17) is 4.74 Å². The molecule has 0 N–H and O–H groups in total. The van der Waals surface area contributed by atoms with Gasteiger partial charge in [0.1, 0.15) is 5.82 Å². The van der Waals surface area contributed by atoms with Crippen molar-refractivity contribution in [2.45, 2.75) is 32.4 Å². The van der Waals surface area contributed by atoms with Gasteiger partial charge in [-0.2, -0.15) is 13.2 Å². The lowest BCUT2D eigenvalue weighted by atomic mass is 9.96. The van der Waals surface area contributed by atoms with E-state index >= 15 is 0 Å². The van der Waals surface area contributed by atoms with Crippen LogP contribution in [0.2, 0.25) is 0 Å². The number of amides is 1. The lowest BCUT2D eigenvalue weighted by Gasteiger charge is -2.31. The largest absolute Gasteiger partial charge is 0.465 e.